The third-order valence-electron chi connectivity index (χ3n) is 6.09. The van der Waals surface area contributed by atoms with E-state index in [4.69, 9.17) is 9.47 Å². The monoisotopic (exact) mass is 378 g/mol. The van der Waals surface area contributed by atoms with Crippen molar-refractivity contribution in [3.8, 4) is 11.5 Å². The zero-order chi connectivity index (χ0) is 18.9. The summed E-state index contributed by atoms with van der Waals surface area (Å²) in [5.74, 6) is 2.29. The van der Waals surface area contributed by atoms with Gasteiger partial charge in [-0.05, 0) is 49.6 Å². The van der Waals surface area contributed by atoms with Gasteiger partial charge in [-0.1, -0.05) is 24.3 Å². The van der Waals surface area contributed by atoms with Crippen LogP contribution in [0.1, 0.15) is 34.3 Å². The highest BCUT2D eigenvalue weighted by Gasteiger charge is 2.35. The zero-order valence-electron chi connectivity index (χ0n) is 16.0. The number of ether oxygens (including phenoxy) is 2. The maximum atomic E-state index is 12.9. The number of piperidine rings is 1. The number of para-hydroxylation sites is 1. The van der Waals surface area contributed by atoms with Crippen LogP contribution in [0.3, 0.4) is 0 Å². The Morgan fingerprint density at radius 2 is 2.11 bits per heavy atom. The molecular weight excluding hydrogens is 352 g/mol. The Labute approximate surface area is 165 Å². The van der Waals surface area contributed by atoms with Crippen molar-refractivity contribution in [1.29, 1.82) is 0 Å². The van der Waals surface area contributed by atoms with E-state index in [0.29, 0.717) is 25.7 Å². The van der Waals surface area contributed by atoms with E-state index < -0.39 is 0 Å². The van der Waals surface area contributed by atoms with Gasteiger partial charge in [-0.15, -0.1) is 0 Å². The van der Waals surface area contributed by atoms with Crippen LogP contribution in [0.25, 0.3) is 0 Å². The molecule has 5 nitrogen and oxygen atoms in total. The second-order valence-corrected chi connectivity index (χ2v) is 8.02. The quantitative estimate of drug-likeness (QED) is 0.889. The minimum atomic E-state index is 0.143. The third-order valence-corrected chi connectivity index (χ3v) is 6.09. The number of nitrogens with one attached hydrogen (secondary N) is 1. The summed E-state index contributed by atoms with van der Waals surface area (Å²) in [5.41, 5.74) is 3.08. The van der Waals surface area contributed by atoms with Crippen LogP contribution in [-0.4, -0.2) is 43.2 Å². The van der Waals surface area contributed by atoms with Gasteiger partial charge in [0.1, 0.15) is 11.5 Å². The van der Waals surface area contributed by atoms with E-state index in [2.05, 4.69) is 17.4 Å². The van der Waals surface area contributed by atoms with Crippen LogP contribution in [0.5, 0.6) is 11.5 Å². The molecule has 2 unspecified atom stereocenters. The van der Waals surface area contributed by atoms with Gasteiger partial charge in [-0.3, -0.25) is 4.79 Å². The fraction of sp³-hybridized carbons (Fsp3) is 0.435. The lowest BCUT2D eigenvalue weighted by atomic mass is 9.97. The van der Waals surface area contributed by atoms with E-state index in [0.717, 1.165) is 55.0 Å². The highest BCUT2D eigenvalue weighted by atomic mass is 16.5. The number of amides is 1. The number of fused-ring (bicyclic) bond motifs is 2. The summed E-state index contributed by atoms with van der Waals surface area (Å²) in [7, 11) is 0. The molecule has 28 heavy (non-hydrogen) atoms. The molecule has 146 valence electrons. The first kappa shape index (κ1) is 17.6. The molecule has 0 radical (unpaired) electrons. The molecule has 0 spiro atoms. The van der Waals surface area contributed by atoms with Crippen LogP contribution >= 0.6 is 0 Å². The van der Waals surface area contributed by atoms with Crippen molar-refractivity contribution in [3.05, 3.63) is 59.2 Å². The van der Waals surface area contributed by atoms with Crippen LogP contribution in [0, 0.1) is 5.92 Å². The summed E-state index contributed by atoms with van der Waals surface area (Å²) in [6.45, 7) is 3.86. The zero-order valence-corrected chi connectivity index (χ0v) is 16.0. The number of benzene rings is 2. The normalized spacial score (nSPS) is 23.7. The van der Waals surface area contributed by atoms with Crippen LogP contribution in [-0.2, 0) is 13.0 Å². The number of hydrogen-bond acceptors (Lipinski definition) is 4. The van der Waals surface area contributed by atoms with Gasteiger partial charge in [0.05, 0.1) is 19.8 Å². The molecule has 0 saturated carbocycles. The molecule has 1 amide bonds. The summed E-state index contributed by atoms with van der Waals surface area (Å²) in [5, 5.41) is 3.41. The lowest BCUT2D eigenvalue weighted by molar-refractivity contribution is 0.0674. The first-order valence-electron chi connectivity index (χ1n) is 10.3. The van der Waals surface area contributed by atoms with Gasteiger partial charge in [0.25, 0.3) is 5.91 Å². The van der Waals surface area contributed by atoms with Gasteiger partial charge in [0.2, 0.25) is 0 Å². The Morgan fingerprint density at radius 3 is 3.00 bits per heavy atom. The summed E-state index contributed by atoms with van der Waals surface area (Å²) in [4.78, 5) is 14.9. The summed E-state index contributed by atoms with van der Waals surface area (Å²) in [6.07, 6.45) is 3.16. The average molecular weight is 378 g/mol. The van der Waals surface area contributed by atoms with Crippen molar-refractivity contribution in [2.45, 2.75) is 31.8 Å². The van der Waals surface area contributed by atoms with Crippen molar-refractivity contribution in [2.24, 2.45) is 5.92 Å². The Morgan fingerprint density at radius 1 is 1.18 bits per heavy atom. The standard InChI is InChI=1S/C23H26N2O3/c26-23-19-7-3-9-22(20(19)13-25(23)18-6-4-10-24-12-18)28-15-16-11-17-5-1-2-8-21(17)27-14-16/h1-3,5,7-9,16,18,24H,4,6,10-15H2. The smallest absolute Gasteiger partial charge is 0.254 e. The number of carbonyl (C=O) groups excluding carboxylic acids is 1. The molecule has 0 aromatic heterocycles. The number of hydrogen-bond donors (Lipinski definition) is 1. The van der Waals surface area contributed by atoms with Gasteiger partial charge in [0.15, 0.2) is 0 Å². The van der Waals surface area contributed by atoms with Gasteiger partial charge >= 0.3 is 0 Å². The number of carbonyl (C=O) groups is 1. The van der Waals surface area contributed by atoms with Crippen LogP contribution in [0.2, 0.25) is 0 Å². The maximum Gasteiger partial charge on any atom is 0.254 e. The minimum Gasteiger partial charge on any atom is -0.493 e. The molecular formula is C23H26N2O3. The van der Waals surface area contributed by atoms with Crippen LogP contribution < -0.4 is 14.8 Å². The first-order chi connectivity index (χ1) is 13.8. The predicted octanol–water partition coefficient (Wildman–Crippen LogP) is 3.02. The average Bonchev–Trinajstić information content (AvgIpc) is 3.10. The Hall–Kier alpha value is -2.53. The lowest BCUT2D eigenvalue weighted by Crippen LogP contribution is -2.46. The molecule has 5 rings (SSSR count). The summed E-state index contributed by atoms with van der Waals surface area (Å²) in [6, 6.07) is 14.3. The molecule has 1 N–H and O–H groups in total. The minimum absolute atomic E-state index is 0.143. The number of nitrogens with zero attached hydrogens (tertiary/aromatic N) is 1. The molecule has 0 bridgehead atoms. The van der Waals surface area contributed by atoms with Crippen LogP contribution in [0.15, 0.2) is 42.5 Å². The summed E-state index contributed by atoms with van der Waals surface area (Å²) >= 11 is 0. The van der Waals surface area contributed by atoms with Gasteiger partial charge in [-0.25, -0.2) is 0 Å². The fourth-order valence-corrected chi connectivity index (χ4v) is 4.56. The molecule has 5 heteroatoms. The Kier molecular flexibility index (Phi) is 4.69. The molecule has 3 aliphatic heterocycles. The second-order valence-electron chi connectivity index (χ2n) is 8.02. The first-order valence-corrected chi connectivity index (χ1v) is 10.3. The Bertz CT molecular complexity index is 876. The van der Waals surface area contributed by atoms with Crippen molar-refractivity contribution >= 4 is 5.91 Å². The SMILES string of the molecule is O=C1c2cccc(OCC3COc4ccccc4C3)c2CN1C1CCCNC1. The molecule has 3 aliphatic rings. The van der Waals surface area contributed by atoms with E-state index in [9.17, 15) is 4.79 Å². The molecule has 2 aromatic carbocycles. The van der Waals surface area contributed by atoms with Gasteiger partial charge in [0, 0.05) is 29.6 Å². The molecule has 2 aromatic rings. The highest BCUT2D eigenvalue weighted by molar-refractivity contribution is 5.99. The second kappa shape index (κ2) is 7.47. The topological polar surface area (TPSA) is 50.8 Å². The van der Waals surface area contributed by atoms with E-state index >= 15 is 0 Å². The summed E-state index contributed by atoms with van der Waals surface area (Å²) < 4.78 is 12.1. The third kappa shape index (κ3) is 3.24. The van der Waals surface area contributed by atoms with Crippen molar-refractivity contribution in [2.75, 3.05) is 26.3 Å². The Balaban J connectivity index is 1.28. The molecule has 3 heterocycles. The highest BCUT2D eigenvalue weighted by Crippen LogP contribution is 2.34. The lowest BCUT2D eigenvalue weighted by Gasteiger charge is -2.31. The van der Waals surface area contributed by atoms with Gasteiger partial charge in [-0.2, -0.15) is 0 Å². The van der Waals surface area contributed by atoms with E-state index in [1.54, 1.807) is 0 Å². The number of rotatable bonds is 4. The van der Waals surface area contributed by atoms with E-state index in [-0.39, 0.29) is 11.9 Å². The fourth-order valence-electron chi connectivity index (χ4n) is 4.56. The molecule has 2 atom stereocenters. The molecule has 1 fully saturated rings. The predicted molar refractivity (Wildman–Crippen MR) is 107 cm³/mol. The van der Waals surface area contributed by atoms with Crippen molar-refractivity contribution in [3.63, 3.8) is 0 Å². The van der Waals surface area contributed by atoms with Crippen molar-refractivity contribution in [1.82, 2.24) is 10.2 Å². The van der Waals surface area contributed by atoms with Crippen LogP contribution in [0.4, 0.5) is 0 Å². The largest absolute Gasteiger partial charge is 0.493 e. The van der Waals surface area contributed by atoms with Gasteiger partial charge < -0.3 is 19.7 Å². The molecule has 0 aliphatic carbocycles. The molecule has 1 saturated heterocycles. The van der Waals surface area contributed by atoms with E-state index in [1.807, 2.05) is 35.2 Å². The van der Waals surface area contributed by atoms with E-state index in [1.165, 1.54) is 5.56 Å². The van der Waals surface area contributed by atoms with Crippen molar-refractivity contribution < 1.29 is 14.3 Å². The maximum absolute atomic E-state index is 12.9.